The van der Waals surface area contributed by atoms with E-state index in [2.05, 4.69) is 5.10 Å². The van der Waals surface area contributed by atoms with Gasteiger partial charge in [0.25, 0.3) is 5.91 Å². The van der Waals surface area contributed by atoms with Crippen molar-refractivity contribution in [2.24, 2.45) is 0 Å². The van der Waals surface area contributed by atoms with E-state index in [0.29, 0.717) is 5.69 Å². The number of nitrogens with zero attached hydrogens (tertiary/aromatic N) is 4. The summed E-state index contributed by atoms with van der Waals surface area (Å²) in [5.41, 5.74) is 1.48. The molecule has 1 amide bonds. The molecule has 29 heavy (non-hydrogen) atoms. The Morgan fingerprint density at radius 1 is 1.10 bits per heavy atom. The third-order valence-corrected chi connectivity index (χ3v) is 7.32. The second-order valence-corrected chi connectivity index (χ2v) is 9.13. The molecular formula is C19H23FN4O4S. The third-order valence-electron chi connectivity index (χ3n) is 5.42. The SMILES string of the molecule is COc1ccc(S(=O)(=O)N2CCN(C(=O)c3cc4n(n3)CCCC4)CC2)cc1F. The number of methoxy groups -OCH3 is 1. The average molecular weight is 422 g/mol. The lowest BCUT2D eigenvalue weighted by Crippen LogP contribution is -2.50. The van der Waals surface area contributed by atoms with E-state index in [1.54, 1.807) is 4.90 Å². The maximum atomic E-state index is 13.9. The number of hydrogen-bond donors (Lipinski definition) is 0. The van der Waals surface area contributed by atoms with E-state index >= 15 is 0 Å². The molecule has 0 spiro atoms. The lowest BCUT2D eigenvalue weighted by molar-refractivity contribution is 0.0691. The maximum Gasteiger partial charge on any atom is 0.274 e. The van der Waals surface area contributed by atoms with Crippen molar-refractivity contribution < 1.29 is 22.3 Å². The minimum Gasteiger partial charge on any atom is -0.494 e. The molecule has 0 radical (unpaired) electrons. The van der Waals surface area contributed by atoms with E-state index in [4.69, 9.17) is 4.74 Å². The molecule has 156 valence electrons. The number of ether oxygens (including phenoxy) is 1. The van der Waals surface area contributed by atoms with Gasteiger partial charge in [-0.25, -0.2) is 12.8 Å². The molecule has 2 aliphatic heterocycles. The van der Waals surface area contributed by atoms with Crippen molar-refractivity contribution in [3.8, 4) is 5.75 Å². The molecule has 10 heteroatoms. The van der Waals surface area contributed by atoms with Crippen molar-refractivity contribution >= 4 is 15.9 Å². The van der Waals surface area contributed by atoms with Crippen LogP contribution >= 0.6 is 0 Å². The Balaban J connectivity index is 1.44. The lowest BCUT2D eigenvalue weighted by Gasteiger charge is -2.33. The van der Waals surface area contributed by atoms with Crippen LogP contribution in [-0.2, 0) is 23.0 Å². The van der Waals surface area contributed by atoms with Crippen LogP contribution in [0.2, 0.25) is 0 Å². The fourth-order valence-corrected chi connectivity index (χ4v) is 5.21. The number of carbonyl (C=O) groups is 1. The Kier molecular flexibility index (Phi) is 5.30. The zero-order valence-electron chi connectivity index (χ0n) is 16.2. The smallest absolute Gasteiger partial charge is 0.274 e. The molecule has 0 N–H and O–H groups in total. The molecule has 1 fully saturated rings. The number of carbonyl (C=O) groups excluding carboxylic acids is 1. The summed E-state index contributed by atoms with van der Waals surface area (Å²) >= 11 is 0. The number of benzene rings is 1. The topological polar surface area (TPSA) is 84.7 Å². The van der Waals surface area contributed by atoms with Crippen LogP contribution in [0.15, 0.2) is 29.2 Å². The van der Waals surface area contributed by atoms with Crippen LogP contribution in [0, 0.1) is 5.82 Å². The van der Waals surface area contributed by atoms with Crippen molar-refractivity contribution in [1.29, 1.82) is 0 Å². The number of hydrogen-bond acceptors (Lipinski definition) is 5. The van der Waals surface area contributed by atoms with E-state index in [-0.39, 0.29) is 42.7 Å². The molecule has 0 aliphatic carbocycles. The van der Waals surface area contributed by atoms with Gasteiger partial charge in [0.15, 0.2) is 17.3 Å². The predicted octanol–water partition coefficient (Wildman–Crippen LogP) is 1.51. The first-order valence-electron chi connectivity index (χ1n) is 9.60. The summed E-state index contributed by atoms with van der Waals surface area (Å²) in [4.78, 5) is 14.3. The molecule has 3 heterocycles. The van der Waals surface area contributed by atoms with Gasteiger partial charge in [-0.2, -0.15) is 9.40 Å². The van der Waals surface area contributed by atoms with E-state index in [9.17, 15) is 17.6 Å². The minimum absolute atomic E-state index is 0.0119. The van der Waals surface area contributed by atoms with Crippen LogP contribution in [0.3, 0.4) is 0 Å². The maximum absolute atomic E-state index is 13.9. The second kappa shape index (κ2) is 7.75. The number of aryl methyl sites for hydroxylation is 2. The fourth-order valence-electron chi connectivity index (χ4n) is 3.77. The summed E-state index contributed by atoms with van der Waals surface area (Å²) < 4.78 is 47.6. The Morgan fingerprint density at radius 2 is 1.86 bits per heavy atom. The highest BCUT2D eigenvalue weighted by Gasteiger charge is 2.32. The van der Waals surface area contributed by atoms with Crippen LogP contribution in [0.5, 0.6) is 5.75 Å². The van der Waals surface area contributed by atoms with Crippen molar-refractivity contribution in [2.45, 2.75) is 30.7 Å². The summed E-state index contributed by atoms with van der Waals surface area (Å²) in [7, 11) is -2.53. The van der Waals surface area contributed by atoms with Gasteiger partial charge in [-0.1, -0.05) is 0 Å². The Labute approximate surface area is 168 Å². The highest BCUT2D eigenvalue weighted by molar-refractivity contribution is 7.89. The zero-order valence-corrected chi connectivity index (χ0v) is 17.0. The largest absolute Gasteiger partial charge is 0.494 e. The lowest BCUT2D eigenvalue weighted by atomic mass is 10.1. The van der Waals surface area contributed by atoms with Gasteiger partial charge in [0.05, 0.1) is 12.0 Å². The van der Waals surface area contributed by atoms with Crippen LogP contribution < -0.4 is 4.74 Å². The van der Waals surface area contributed by atoms with Crippen LogP contribution in [-0.4, -0.2) is 66.6 Å². The first-order valence-corrected chi connectivity index (χ1v) is 11.0. The van der Waals surface area contributed by atoms with Crippen LogP contribution in [0.25, 0.3) is 0 Å². The number of rotatable bonds is 4. The van der Waals surface area contributed by atoms with E-state index in [1.807, 2.05) is 10.7 Å². The second-order valence-electron chi connectivity index (χ2n) is 7.19. The molecule has 1 aromatic heterocycles. The normalized spacial score (nSPS) is 17.8. The molecule has 1 aromatic carbocycles. The van der Waals surface area contributed by atoms with Gasteiger partial charge in [0.2, 0.25) is 10.0 Å². The molecule has 0 bridgehead atoms. The number of sulfonamides is 1. The van der Waals surface area contributed by atoms with Gasteiger partial charge in [-0.05, 0) is 43.5 Å². The highest BCUT2D eigenvalue weighted by atomic mass is 32.2. The fraction of sp³-hybridized carbons (Fsp3) is 0.474. The standard InChI is InChI=1S/C19H23FN4O4S/c1-28-18-6-5-15(13-16(18)20)29(26,27)23-10-8-22(9-11-23)19(25)17-12-14-4-2-3-7-24(14)21-17/h5-6,12-13H,2-4,7-11H2,1H3. The van der Waals surface area contributed by atoms with E-state index in [1.165, 1.54) is 23.5 Å². The number of halogens is 1. The van der Waals surface area contributed by atoms with Gasteiger partial charge >= 0.3 is 0 Å². The molecule has 1 saturated heterocycles. The van der Waals surface area contributed by atoms with Gasteiger partial charge < -0.3 is 9.64 Å². The molecule has 8 nitrogen and oxygen atoms in total. The Morgan fingerprint density at radius 3 is 2.52 bits per heavy atom. The van der Waals surface area contributed by atoms with Gasteiger partial charge in [-0.15, -0.1) is 0 Å². The summed E-state index contributed by atoms with van der Waals surface area (Å²) in [6.07, 6.45) is 3.08. The molecule has 0 saturated carbocycles. The average Bonchev–Trinajstić information content (AvgIpc) is 3.17. The van der Waals surface area contributed by atoms with Gasteiger partial charge in [0.1, 0.15) is 0 Å². The number of fused-ring (bicyclic) bond motifs is 1. The summed E-state index contributed by atoms with van der Waals surface area (Å²) in [5, 5.41) is 4.41. The van der Waals surface area contributed by atoms with Crippen molar-refractivity contribution in [3.05, 3.63) is 41.5 Å². The number of amides is 1. The molecule has 0 unspecified atom stereocenters. The molecule has 4 rings (SSSR count). The first kappa shape index (κ1) is 19.8. The molecule has 2 aromatic rings. The Bertz CT molecular complexity index is 1010. The third kappa shape index (κ3) is 3.74. The van der Waals surface area contributed by atoms with Crippen molar-refractivity contribution in [2.75, 3.05) is 33.3 Å². The monoisotopic (exact) mass is 422 g/mol. The predicted molar refractivity (Wildman–Crippen MR) is 103 cm³/mol. The van der Waals surface area contributed by atoms with Crippen LogP contribution in [0.4, 0.5) is 4.39 Å². The summed E-state index contributed by atoms with van der Waals surface area (Å²) in [5.74, 6) is -0.923. The zero-order chi connectivity index (χ0) is 20.6. The molecule has 2 aliphatic rings. The summed E-state index contributed by atoms with van der Waals surface area (Å²) in [6, 6.07) is 5.42. The number of piperazine rings is 1. The minimum atomic E-state index is -3.85. The quantitative estimate of drug-likeness (QED) is 0.746. The Hall–Kier alpha value is -2.46. The van der Waals surface area contributed by atoms with Crippen molar-refractivity contribution in [3.63, 3.8) is 0 Å². The van der Waals surface area contributed by atoms with Crippen LogP contribution in [0.1, 0.15) is 29.0 Å². The first-order chi connectivity index (χ1) is 13.9. The van der Waals surface area contributed by atoms with E-state index < -0.39 is 15.8 Å². The van der Waals surface area contributed by atoms with Crippen molar-refractivity contribution in [1.82, 2.24) is 19.0 Å². The summed E-state index contributed by atoms with van der Waals surface area (Å²) in [6.45, 7) is 1.65. The highest BCUT2D eigenvalue weighted by Crippen LogP contribution is 2.24. The molecular weight excluding hydrogens is 399 g/mol. The van der Waals surface area contributed by atoms with Gasteiger partial charge in [0, 0.05) is 38.4 Å². The molecule has 0 atom stereocenters. The van der Waals surface area contributed by atoms with Gasteiger partial charge in [-0.3, -0.25) is 9.48 Å². The number of aromatic nitrogens is 2. The van der Waals surface area contributed by atoms with E-state index in [0.717, 1.165) is 37.6 Å².